The smallest absolute Gasteiger partial charge is 0.224 e. The minimum atomic E-state index is -0.0481. The molecule has 2 fully saturated rings. The molecule has 6 heteroatoms. The third-order valence-electron chi connectivity index (χ3n) is 4.14. The summed E-state index contributed by atoms with van der Waals surface area (Å²) in [4.78, 5) is 23.0. The van der Waals surface area contributed by atoms with E-state index in [4.69, 9.17) is 0 Å². The van der Waals surface area contributed by atoms with Crippen molar-refractivity contribution in [1.82, 2.24) is 16.0 Å². The Morgan fingerprint density at radius 2 is 2.11 bits per heavy atom. The topological polar surface area (TPSA) is 70.2 Å². The van der Waals surface area contributed by atoms with Gasteiger partial charge in [-0.2, -0.15) is 0 Å². The minimum Gasteiger partial charge on any atom is -0.355 e. The van der Waals surface area contributed by atoms with Gasteiger partial charge in [-0.05, 0) is 37.8 Å². The highest BCUT2D eigenvalue weighted by molar-refractivity contribution is 5.85. The van der Waals surface area contributed by atoms with Crippen LogP contribution in [-0.2, 0) is 9.59 Å². The molecule has 2 rings (SSSR count). The Balaban J connectivity index is 0.00000180. The largest absolute Gasteiger partial charge is 0.355 e. The Bertz CT molecular complexity index is 320. The van der Waals surface area contributed by atoms with E-state index in [1.54, 1.807) is 0 Å². The molecule has 0 aromatic rings. The van der Waals surface area contributed by atoms with Crippen molar-refractivity contribution in [2.24, 2.45) is 11.3 Å². The second kappa shape index (κ2) is 7.10. The molecule has 19 heavy (non-hydrogen) atoms. The van der Waals surface area contributed by atoms with Gasteiger partial charge in [-0.1, -0.05) is 6.92 Å². The van der Waals surface area contributed by atoms with Gasteiger partial charge in [-0.25, -0.2) is 0 Å². The zero-order valence-corrected chi connectivity index (χ0v) is 12.3. The third kappa shape index (κ3) is 4.66. The molecule has 0 aliphatic carbocycles. The molecule has 0 radical (unpaired) electrons. The standard InChI is InChI=1S/C13H23N3O2.ClH/c1-13(4-6-14-7-5-13)9-16-12(18)10-2-3-11(17)15-8-10;/h10,14H,2-9H2,1H3,(H,15,17)(H,16,18);1H. The molecule has 110 valence electrons. The van der Waals surface area contributed by atoms with Crippen LogP contribution in [0, 0.1) is 11.3 Å². The third-order valence-corrected chi connectivity index (χ3v) is 4.14. The van der Waals surface area contributed by atoms with E-state index in [0.29, 0.717) is 19.4 Å². The van der Waals surface area contributed by atoms with E-state index in [1.807, 2.05) is 0 Å². The number of hydrogen-bond acceptors (Lipinski definition) is 3. The summed E-state index contributed by atoms with van der Waals surface area (Å²) in [5.74, 6) is 0.104. The first-order valence-corrected chi connectivity index (χ1v) is 6.84. The van der Waals surface area contributed by atoms with Gasteiger partial charge in [-0.3, -0.25) is 9.59 Å². The van der Waals surface area contributed by atoms with Gasteiger partial charge in [0.2, 0.25) is 11.8 Å². The molecule has 2 aliphatic heterocycles. The highest BCUT2D eigenvalue weighted by Gasteiger charge is 2.29. The Morgan fingerprint density at radius 3 is 2.68 bits per heavy atom. The SMILES string of the molecule is CC1(CNC(=O)C2CCC(=O)NC2)CCNCC1.Cl. The fourth-order valence-electron chi connectivity index (χ4n) is 2.61. The molecule has 2 aliphatic rings. The summed E-state index contributed by atoms with van der Waals surface area (Å²) in [6.07, 6.45) is 3.36. The molecule has 0 aromatic carbocycles. The van der Waals surface area contributed by atoms with Gasteiger partial charge in [-0.15, -0.1) is 12.4 Å². The van der Waals surface area contributed by atoms with Crippen molar-refractivity contribution >= 4 is 24.2 Å². The van der Waals surface area contributed by atoms with Crippen LogP contribution < -0.4 is 16.0 Å². The highest BCUT2D eigenvalue weighted by atomic mass is 35.5. The molecule has 0 spiro atoms. The summed E-state index contributed by atoms with van der Waals surface area (Å²) < 4.78 is 0. The van der Waals surface area contributed by atoms with Crippen molar-refractivity contribution in [3.63, 3.8) is 0 Å². The van der Waals surface area contributed by atoms with Crippen molar-refractivity contribution in [2.45, 2.75) is 32.6 Å². The molecular weight excluding hydrogens is 266 g/mol. The molecule has 2 saturated heterocycles. The molecule has 5 nitrogen and oxygen atoms in total. The number of halogens is 1. The van der Waals surface area contributed by atoms with Gasteiger partial charge < -0.3 is 16.0 Å². The number of carbonyl (C=O) groups excluding carboxylic acids is 2. The van der Waals surface area contributed by atoms with E-state index in [1.165, 1.54) is 0 Å². The number of rotatable bonds is 3. The van der Waals surface area contributed by atoms with E-state index in [-0.39, 0.29) is 35.6 Å². The number of nitrogens with one attached hydrogen (secondary N) is 3. The minimum absolute atomic E-state index is 0. The van der Waals surface area contributed by atoms with Gasteiger partial charge >= 0.3 is 0 Å². The van der Waals surface area contributed by atoms with Gasteiger partial charge in [0, 0.05) is 19.5 Å². The number of piperidine rings is 2. The first-order chi connectivity index (χ1) is 8.59. The van der Waals surface area contributed by atoms with Crippen LogP contribution in [0.25, 0.3) is 0 Å². The summed E-state index contributed by atoms with van der Waals surface area (Å²) in [6, 6.07) is 0. The van der Waals surface area contributed by atoms with Crippen LogP contribution in [-0.4, -0.2) is 38.0 Å². The summed E-state index contributed by atoms with van der Waals surface area (Å²) in [5, 5.41) is 9.15. The zero-order chi connectivity index (χ0) is 13.0. The molecule has 2 amide bonds. The van der Waals surface area contributed by atoms with Crippen molar-refractivity contribution < 1.29 is 9.59 Å². The Labute approximate surface area is 120 Å². The maximum atomic E-state index is 12.0. The Hall–Kier alpha value is -0.810. The maximum Gasteiger partial charge on any atom is 0.224 e. The molecule has 0 bridgehead atoms. The summed E-state index contributed by atoms with van der Waals surface area (Å²) >= 11 is 0. The average molecular weight is 290 g/mol. The van der Waals surface area contributed by atoms with Crippen LogP contribution in [0.3, 0.4) is 0 Å². The van der Waals surface area contributed by atoms with Crippen LogP contribution in [0.4, 0.5) is 0 Å². The Kier molecular flexibility index (Phi) is 6.07. The fraction of sp³-hybridized carbons (Fsp3) is 0.846. The lowest BCUT2D eigenvalue weighted by Crippen LogP contribution is -2.47. The molecule has 0 aromatic heterocycles. The number of amides is 2. The molecule has 3 N–H and O–H groups in total. The van der Waals surface area contributed by atoms with Crippen LogP contribution in [0.5, 0.6) is 0 Å². The molecular formula is C13H24ClN3O2. The summed E-state index contributed by atoms with van der Waals surface area (Å²) in [6.45, 7) is 5.54. The number of hydrogen-bond donors (Lipinski definition) is 3. The predicted octanol–water partition coefficient (Wildman–Crippen LogP) is 0.440. The zero-order valence-electron chi connectivity index (χ0n) is 11.5. The van der Waals surface area contributed by atoms with Gasteiger partial charge in [0.05, 0.1) is 5.92 Å². The summed E-state index contributed by atoms with van der Waals surface area (Å²) in [7, 11) is 0. The normalized spacial score (nSPS) is 25.9. The Morgan fingerprint density at radius 1 is 1.42 bits per heavy atom. The number of carbonyl (C=O) groups is 2. The van der Waals surface area contributed by atoms with Crippen molar-refractivity contribution in [1.29, 1.82) is 0 Å². The predicted molar refractivity (Wildman–Crippen MR) is 76.2 cm³/mol. The van der Waals surface area contributed by atoms with Crippen LogP contribution in [0.1, 0.15) is 32.6 Å². The van der Waals surface area contributed by atoms with E-state index in [0.717, 1.165) is 32.5 Å². The molecule has 1 atom stereocenters. The van der Waals surface area contributed by atoms with E-state index in [2.05, 4.69) is 22.9 Å². The first kappa shape index (κ1) is 16.2. The molecule has 1 unspecified atom stereocenters. The second-order valence-corrected chi connectivity index (χ2v) is 5.82. The first-order valence-electron chi connectivity index (χ1n) is 6.84. The van der Waals surface area contributed by atoms with Crippen LogP contribution >= 0.6 is 12.4 Å². The van der Waals surface area contributed by atoms with Crippen molar-refractivity contribution in [3.05, 3.63) is 0 Å². The van der Waals surface area contributed by atoms with Crippen LogP contribution in [0.2, 0.25) is 0 Å². The lowest BCUT2D eigenvalue weighted by molar-refractivity contribution is -0.129. The van der Waals surface area contributed by atoms with Crippen molar-refractivity contribution in [2.75, 3.05) is 26.2 Å². The van der Waals surface area contributed by atoms with E-state index < -0.39 is 0 Å². The highest BCUT2D eigenvalue weighted by Crippen LogP contribution is 2.26. The van der Waals surface area contributed by atoms with Gasteiger partial charge in [0.25, 0.3) is 0 Å². The molecule has 2 heterocycles. The van der Waals surface area contributed by atoms with Gasteiger partial charge in [0.15, 0.2) is 0 Å². The lowest BCUT2D eigenvalue weighted by Gasteiger charge is -2.34. The van der Waals surface area contributed by atoms with Crippen molar-refractivity contribution in [3.8, 4) is 0 Å². The average Bonchev–Trinajstić information content (AvgIpc) is 2.38. The van der Waals surface area contributed by atoms with E-state index >= 15 is 0 Å². The maximum absolute atomic E-state index is 12.0. The second-order valence-electron chi connectivity index (χ2n) is 5.82. The monoisotopic (exact) mass is 289 g/mol. The van der Waals surface area contributed by atoms with E-state index in [9.17, 15) is 9.59 Å². The molecule has 0 saturated carbocycles. The fourth-order valence-corrected chi connectivity index (χ4v) is 2.61. The summed E-state index contributed by atoms with van der Waals surface area (Å²) in [5.41, 5.74) is 0.221. The van der Waals surface area contributed by atoms with Crippen LogP contribution in [0.15, 0.2) is 0 Å². The quantitative estimate of drug-likeness (QED) is 0.706. The van der Waals surface area contributed by atoms with Gasteiger partial charge in [0.1, 0.15) is 0 Å². The lowest BCUT2D eigenvalue weighted by atomic mass is 9.81.